The number of β-amino-alcohol motifs (C(OH)–C–C–N with tert-alkyl or cyclic N) is 1. The first-order valence-corrected chi connectivity index (χ1v) is 10.5. The number of carbonyl (C=O) groups excluding carboxylic acids is 1. The Hall–Kier alpha value is -2.96. The van der Waals surface area contributed by atoms with Gasteiger partial charge in [-0.15, -0.1) is 0 Å². The van der Waals surface area contributed by atoms with Gasteiger partial charge >= 0.3 is 0 Å². The van der Waals surface area contributed by atoms with Gasteiger partial charge in [0, 0.05) is 39.0 Å². The largest absolute Gasteiger partial charge is 0.390 e. The van der Waals surface area contributed by atoms with Crippen LogP contribution in [0.2, 0.25) is 0 Å². The molecule has 2 aromatic carbocycles. The predicted molar refractivity (Wildman–Crippen MR) is 117 cm³/mol. The molecule has 1 aliphatic rings. The highest BCUT2D eigenvalue weighted by atomic mass is 16.3. The summed E-state index contributed by atoms with van der Waals surface area (Å²) in [7, 11) is 0. The van der Waals surface area contributed by atoms with Crippen LogP contribution in [0.25, 0.3) is 11.3 Å². The zero-order chi connectivity index (χ0) is 20.8. The molecule has 0 saturated carbocycles. The smallest absolute Gasteiger partial charge is 0.220 e. The van der Waals surface area contributed by atoms with E-state index in [-0.39, 0.29) is 12.5 Å². The van der Waals surface area contributed by atoms with Gasteiger partial charge in [-0.25, -0.2) is 4.98 Å². The summed E-state index contributed by atoms with van der Waals surface area (Å²) in [6.07, 6.45) is 3.10. The number of aromatic amines is 1. The molecule has 30 heavy (non-hydrogen) atoms. The third-order valence-corrected chi connectivity index (χ3v) is 5.52. The van der Waals surface area contributed by atoms with Crippen LogP contribution in [0.3, 0.4) is 0 Å². The van der Waals surface area contributed by atoms with E-state index in [0.717, 1.165) is 36.6 Å². The molecule has 0 saturated heterocycles. The first-order chi connectivity index (χ1) is 14.7. The van der Waals surface area contributed by atoms with E-state index in [1.807, 2.05) is 30.3 Å². The summed E-state index contributed by atoms with van der Waals surface area (Å²) >= 11 is 0. The SMILES string of the molecule is O=C(CCc1ncc(-c2ccccc2)[nH]1)NCC(O)CN1CCc2ccccc2C1. The number of imidazole rings is 1. The number of amides is 1. The summed E-state index contributed by atoms with van der Waals surface area (Å²) < 4.78 is 0. The Kier molecular flexibility index (Phi) is 6.57. The number of H-pyrrole nitrogens is 1. The average molecular weight is 405 g/mol. The standard InChI is InChI=1S/C24H28N4O2/c29-21(17-28-13-12-18-6-4-5-9-20(18)16-28)14-26-24(30)11-10-23-25-15-22(27-23)19-7-2-1-3-8-19/h1-9,15,21,29H,10-14,16-17H2,(H,25,27)(H,26,30). The van der Waals surface area contributed by atoms with Crippen LogP contribution in [0.4, 0.5) is 0 Å². The van der Waals surface area contributed by atoms with E-state index in [0.29, 0.717) is 19.4 Å². The Balaban J connectivity index is 1.18. The van der Waals surface area contributed by atoms with E-state index in [1.165, 1.54) is 11.1 Å². The van der Waals surface area contributed by atoms with E-state index >= 15 is 0 Å². The molecule has 0 spiro atoms. The van der Waals surface area contributed by atoms with Crippen LogP contribution in [-0.2, 0) is 24.2 Å². The molecule has 1 aromatic heterocycles. The molecule has 0 fully saturated rings. The van der Waals surface area contributed by atoms with Gasteiger partial charge in [-0.2, -0.15) is 0 Å². The van der Waals surface area contributed by atoms with Crippen molar-refractivity contribution >= 4 is 5.91 Å². The number of nitrogens with one attached hydrogen (secondary N) is 2. The summed E-state index contributed by atoms with van der Waals surface area (Å²) in [5, 5.41) is 13.2. The van der Waals surface area contributed by atoms with Crippen molar-refractivity contribution in [3.05, 3.63) is 77.7 Å². The van der Waals surface area contributed by atoms with E-state index < -0.39 is 6.10 Å². The third-order valence-electron chi connectivity index (χ3n) is 5.52. The number of aliphatic hydroxyl groups is 1. The van der Waals surface area contributed by atoms with Gasteiger partial charge in [-0.3, -0.25) is 9.69 Å². The first-order valence-electron chi connectivity index (χ1n) is 10.5. The molecule has 1 unspecified atom stereocenters. The molecule has 3 N–H and O–H groups in total. The van der Waals surface area contributed by atoms with Crippen molar-refractivity contribution in [2.75, 3.05) is 19.6 Å². The maximum absolute atomic E-state index is 12.2. The maximum atomic E-state index is 12.2. The topological polar surface area (TPSA) is 81.2 Å². The molecular weight excluding hydrogens is 376 g/mol. The minimum Gasteiger partial charge on any atom is -0.390 e. The lowest BCUT2D eigenvalue weighted by Crippen LogP contribution is -2.42. The van der Waals surface area contributed by atoms with Gasteiger partial charge in [0.25, 0.3) is 0 Å². The van der Waals surface area contributed by atoms with Crippen molar-refractivity contribution in [1.29, 1.82) is 0 Å². The zero-order valence-electron chi connectivity index (χ0n) is 17.1. The number of fused-ring (bicyclic) bond motifs is 1. The second-order valence-corrected chi connectivity index (χ2v) is 7.82. The van der Waals surface area contributed by atoms with E-state index in [1.54, 1.807) is 6.20 Å². The Labute approximate surface area is 177 Å². The Morgan fingerprint density at radius 1 is 1.13 bits per heavy atom. The fraction of sp³-hybridized carbons (Fsp3) is 0.333. The Morgan fingerprint density at radius 2 is 1.90 bits per heavy atom. The van der Waals surface area contributed by atoms with Crippen molar-refractivity contribution in [2.24, 2.45) is 0 Å². The van der Waals surface area contributed by atoms with Crippen molar-refractivity contribution in [3.8, 4) is 11.3 Å². The molecule has 0 aliphatic carbocycles. The van der Waals surface area contributed by atoms with Crippen molar-refractivity contribution in [3.63, 3.8) is 0 Å². The van der Waals surface area contributed by atoms with E-state index in [9.17, 15) is 9.90 Å². The average Bonchev–Trinajstić information content (AvgIpc) is 3.26. The highest BCUT2D eigenvalue weighted by molar-refractivity contribution is 5.76. The van der Waals surface area contributed by atoms with E-state index in [4.69, 9.17) is 0 Å². The van der Waals surface area contributed by atoms with Crippen LogP contribution >= 0.6 is 0 Å². The molecule has 1 amide bonds. The zero-order valence-corrected chi connectivity index (χ0v) is 17.1. The van der Waals surface area contributed by atoms with Crippen LogP contribution in [0.1, 0.15) is 23.4 Å². The molecule has 3 aromatic rings. The second kappa shape index (κ2) is 9.69. The first kappa shape index (κ1) is 20.3. The van der Waals surface area contributed by atoms with Gasteiger partial charge in [0.2, 0.25) is 5.91 Å². The summed E-state index contributed by atoms with van der Waals surface area (Å²) in [5.41, 5.74) is 4.74. The molecule has 156 valence electrons. The van der Waals surface area contributed by atoms with Crippen molar-refractivity contribution in [1.82, 2.24) is 20.2 Å². The second-order valence-electron chi connectivity index (χ2n) is 7.82. The van der Waals surface area contributed by atoms with Crippen LogP contribution < -0.4 is 5.32 Å². The number of benzene rings is 2. The number of rotatable bonds is 8. The minimum absolute atomic E-state index is 0.0734. The molecular formula is C24H28N4O2. The van der Waals surface area contributed by atoms with E-state index in [2.05, 4.69) is 44.5 Å². The van der Waals surface area contributed by atoms with Gasteiger partial charge in [0.05, 0.1) is 18.0 Å². The molecule has 2 heterocycles. The monoisotopic (exact) mass is 404 g/mol. The summed E-state index contributed by atoms with van der Waals surface area (Å²) in [4.78, 5) is 22.0. The molecule has 1 atom stereocenters. The third kappa shape index (κ3) is 5.34. The Bertz CT molecular complexity index is 970. The lowest BCUT2D eigenvalue weighted by Gasteiger charge is -2.30. The number of aryl methyl sites for hydroxylation is 1. The molecule has 6 nitrogen and oxygen atoms in total. The molecule has 0 bridgehead atoms. The fourth-order valence-corrected chi connectivity index (χ4v) is 3.88. The maximum Gasteiger partial charge on any atom is 0.220 e. The number of hydrogen-bond donors (Lipinski definition) is 3. The Morgan fingerprint density at radius 3 is 2.73 bits per heavy atom. The number of nitrogens with zero attached hydrogens (tertiary/aromatic N) is 2. The molecule has 0 radical (unpaired) electrons. The van der Waals surface area contributed by atoms with Gasteiger partial charge in [0.1, 0.15) is 5.82 Å². The van der Waals surface area contributed by atoms with Gasteiger partial charge in [-0.1, -0.05) is 54.6 Å². The van der Waals surface area contributed by atoms with Gasteiger partial charge in [0.15, 0.2) is 0 Å². The van der Waals surface area contributed by atoms with Gasteiger partial charge in [-0.05, 0) is 23.1 Å². The quantitative estimate of drug-likeness (QED) is 0.539. The van der Waals surface area contributed by atoms with Gasteiger partial charge < -0.3 is 15.4 Å². The predicted octanol–water partition coefficient (Wildman–Crippen LogP) is 2.54. The number of carbonyl (C=O) groups is 1. The van der Waals surface area contributed by atoms with Crippen LogP contribution in [0.5, 0.6) is 0 Å². The van der Waals surface area contributed by atoms with Crippen LogP contribution in [-0.4, -0.2) is 51.6 Å². The van der Waals surface area contributed by atoms with Crippen molar-refractivity contribution < 1.29 is 9.90 Å². The highest BCUT2D eigenvalue weighted by Gasteiger charge is 2.18. The molecule has 1 aliphatic heterocycles. The molecule has 4 rings (SSSR count). The lowest BCUT2D eigenvalue weighted by molar-refractivity contribution is -0.121. The van der Waals surface area contributed by atoms with Crippen molar-refractivity contribution in [2.45, 2.75) is 31.9 Å². The summed E-state index contributed by atoms with van der Waals surface area (Å²) in [6, 6.07) is 18.4. The number of aromatic nitrogens is 2. The normalized spacial score (nSPS) is 14.8. The fourth-order valence-electron chi connectivity index (χ4n) is 3.88. The van der Waals surface area contributed by atoms with Crippen LogP contribution in [0.15, 0.2) is 60.8 Å². The number of hydrogen-bond acceptors (Lipinski definition) is 4. The summed E-state index contributed by atoms with van der Waals surface area (Å²) in [5.74, 6) is 0.715. The molecule has 6 heteroatoms. The summed E-state index contributed by atoms with van der Waals surface area (Å²) in [6.45, 7) is 2.62. The van der Waals surface area contributed by atoms with Crippen LogP contribution in [0, 0.1) is 0 Å². The number of aliphatic hydroxyl groups excluding tert-OH is 1. The minimum atomic E-state index is -0.576. The lowest BCUT2D eigenvalue weighted by atomic mass is 10.00. The highest BCUT2D eigenvalue weighted by Crippen LogP contribution is 2.18.